The number of aliphatic hydroxyl groups excluding tert-OH is 1. The lowest BCUT2D eigenvalue weighted by molar-refractivity contribution is -0.149. The molecule has 0 radical (unpaired) electrons. The van der Waals surface area contributed by atoms with E-state index in [1.54, 1.807) is 38.1 Å². The number of hydrogen-bond acceptors (Lipinski definition) is 9. The molecule has 0 spiro atoms. The van der Waals surface area contributed by atoms with Crippen molar-refractivity contribution in [3.63, 3.8) is 0 Å². The van der Waals surface area contributed by atoms with E-state index in [1.807, 2.05) is 30.3 Å². The van der Waals surface area contributed by atoms with Crippen LogP contribution >= 0.6 is 7.75 Å². The fraction of sp³-hybridized carbons (Fsp3) is 0.379. The first-order valence-electron chi connectivity index (χ1n) is 13.4. The minimum absolute atomic E-state index is 0.0517. The molecule has 2 aliphatic heterocycles. The molecule has 2 aliphatic rings. The van der Waals surface area contributed by atoms with Gasteiger partial charge in [0.1, 0.15) is 29.8 Å². The molecule has 2 heterocycles. The highest BCUT2D eigenvalue weighted by Crippen LogP contribution is 2.49. The number of para-hydroxylation sites is 1. The number of rotatable bonds is 11. The van der Waals surface area contributed by atoms with E-state index in [0.29, 0.717) is 5.56 Å². The van der Waals surface area contributed by atoms with Crippen LogP contribution in [-0.4, -0.2) is 64.7 Å². The Morgan fingerprint density at radius 3 is 2.55 bits per heavy atom. The minimum atomic E-state index is -4.40. The minimum Gasteiger partial charge on any atom is -0.462 e. The summed E-state index contributed by atoms with van der Waals surface area (Å²) in [5.74, 6) is -0.897. The van der Waals surface area contributed by atoms with Crippen molar-refractivity contribution in [3.8, 4) is 16.9 Å². The number of ether oxygens (including phenoxy) is 2. The Labute approximate surface area is 243 Å². The summed E-state index contributed by atoms with van der Waals surface area (Å²) >= 11 is 0. The molecule has 11 nitrogen and oxygen atoms in total. The molecule has 1 fully saturated rings. The second-order valence-electron chi connectivity index (χ2n) is 10.4. The summed E-state index contributed by atoms with van der Waals surface area (Å²) < 4.78 is 52.6. The van der Waals surface area contributed by atoms with Gasteiger partial charge in [-0.1, -0.05) is 55.1 Å². The van der Waals surface area contributed by atoms with Crippen LogP contribution in [-0.2, 0) is 28.2 Å². The highest BCUT2D eigenvalue weighted by atomic mass is 31.2. The third-order valence-corrected chi connectivity index (χ3v) is 8.22. The van der Waals surface area contributed by atoms with E-state index in [9.17, 15) is 19.3 Å². The largest absolute Gasteiger partial charge is 0.462 e. The van der Waals surface area contributed by atoms with E-state index in [-0.39, 0.29) is 11.6 Å². The van der Waals surface area contributed by atoms with E-state index in [1.165, 1.54) is 18.0 Å². The molecule has 6 atom stereocenters. The Morgan fingerprint density at radius 1 is 1.21 bits per heavy atom. The lowest BCUT2D eigenvalue weighted by Crippen LogP contribution is -2.51. The molecule has 0 bridgehead atoms. The van der Waals surface area contributed by atoms with Crippen LogP contribution in [0.15, 0.2) is 79.3 Å². The predicted octanol–water partition coefficient (Wildman–Crippen LogP) is 4.02. The Balaban J connectivity index is 1.58. The highest BCUT2D eigenvalue weighted by Gasteiger charge is 2.57. The maximum absolute atomic E-state index is 15.8. The number of hydrogen-bond donors (Lipinski definition) is 3. The zero-order valence-corrected chi connectivity index (χ0v) is 24.6. The number of alkyl halides is 1. The van der Waals surface area contributed by atoms with Crippen molar-refractivity contribution in [2.45, 2.75) is 63.9 Å². The Kier molecular flexibility index (Phi) is 9.54. The van der Waals surface area contributed by atoms with Crippen LogP contribution in [0.2, 0.25) is 0 Å². The summed E-state index contributed by atoms with van der Waals surface area (Å²) in [6, 6.07) is 14.9. The molecule has 0 saturated carbocycles. The van der Waals surface area contributed by atoms with Gasteiger partial charge in [-0.2, -0.15) is 5.09 Å². The van der Waals surface area contributed by atoms with Crippen molar-refractivity contribution < 1.29 is 42.2 Å². The molecule has 1 amide bonds. The molecule has 2 aromatic rings. The summed E-state index contributed by atoms with van der Waals surface area (Å²) in [5, 5.41) is 15.9. The van der Waals surface area contributed by atoms with Gasteiger partial charge in [-0.15, -0.1) is 0 Å². The van der Waals surface area contributed by atoms with Gasteiger partial charge in [0.25, 0.3) is 5.91 Å². The van der Waals surface area contributed by atoms with Crippen molar-refractivity contribution in [1.82, 2.24) is 15.3 Å². The number of nitrogens with zero attached hydrogens (tertiary/aromatic N) is 1. The summed E-state index contributed by atoms with van der Waals surface area (Å²) in [6.07, 6.45) is -2.40. The molecule has 0 aliphatic carbocycles. The molecule has 42 heavy (non-hydrogen) atoms. The molecule has 1 unspecified atom stereocenters. The van der Waals surface area contributed by atoms with Crippen LogP contribution < -0.4 is 14.9 Å². The Hall–Kier alpha value is -3.54. The van der Waals surface area contributed by atoms with Crippen LogP contribution in [0, 0.1) is 0 Å². The fourth-order valence-corrected chi connectivity index (χ4v) is 6.00. The molecule has 3 N–H and O–H groups in total. The van der Waals surface area contributed by atoms with Gasteiger partial charge in [0.15, 0.2) is 11.9 Å². The Morgan fingerprint density at radius 2 is 1.88 bits per heavy atom. The van der Waals surface area contributed by atoms with E-state index in [2.05, 4.69) is 17.0 Å². The second-order valence-corrected chi connectivity index (χ2v) is 12.1. The number of halogens is 1. The van der Waals surface area contributed by atoms with Gasteiger partial charge in [-0.05, 0) is 39.3 Å². The van der Waals surface area contributed by atoms with Crippen LogP contribution in [0.25, 0.3) is 11.1 Å². The second kappa shape index (κ2) is 12.8. The van der Waals surface area contributed by atoms with Crippen molar-refractivity contribution >= 4 is 19.6 Å². The van der Waals surface area contributed by atoms with Gasteiger partial charge in [0, 0.05) is 17.8 Å². The maximum atomic E-state index is 15.8. The van der Waals surface area contributed by atoms with Crippen LogP contribution in [0.5, 0.6) is 5.75 Å². The molecule has 4 rings (SSSR count). The average Bonchev–Trinajstić information content (AvgIpc) is 3.16. The van der Waals surface area contributed by atoms with Gasteiger partial charge >= 0.3 is 13.7 Å². The first kappa shape index (κ1) is 31.4. The number of benzene rings is 2. The number of esters is 1. The Bertz CT molecular complexity index is 1390. The van der Waals surface area contributed by atoms with Crippen molar-refractivity contribution in [2.24, 2.45) is 0 Å². The third-order valence-electron chi connectivity index (χ3n) is 6.59. The predicted molar refractivity (Wildman–Crippen MR) is 152 cm³/mol. The van der Waals surface area contributed by atoms with E-state index in [0.717, 1.165) is 18.6 Å². The molecule has 1 saturated heterocycles. The van der Waals surface area contributed by atoms with E-state index in [4.69, 9.17) is 18.5 Å². The molecule has 13 heteroatoms. The monoisotopic (exact) mass is 603 g/mol. The van der Waals surface area contributed by atoms with Crippen molar-refractivity contribution in [3.05, 3.63) is 79.3 Å². The topological polar surface area (TPSA) is 136 Å². The van der Waals surface area contributed by atoms with Gasteiger partial charge in [0.2, 0.25) is 0 Å². The summed E-state index contributed by atoms with van der Waals surface area (Å²) in [7, 11) is -4.40. The smallest absolute Gasteiger partial charge is 0.459 e. The van der Waals surface area contributed by atoms with Crippen LogP contribution in [0.4, 0.5) is 4.39 Å². The van der Waals surface area contributed by atoms with Gasteiger partial charge < -0.3 is 29.3 Å². The van der Waals surface area contributed by atoms with Gasteiger partial charge in [-0.25, -0.2) is 8.96 Å². The number of carbonyl (C=O) groups excluding carboxylic acids is 2. The third kappa shape index (κ3) is 7.08. The normalized spacial score (nSPS) is 26.1. The average molecular weight is 604 g/mol. The number of carbonyl (C=O) groups is 2. The molecule has 2 aromatic carbocycles. The first-order chi connectivity index (χ1) is 19.8. The lowest BCUT2D eigenvalue weighted by Gasteiger charge is -2.35. The number of aliphatic hydroxyl groups is 1. The van der Waals surface area contributed by atoms with Crippen LogP contribution in [0.1, 0.15) is 27.7 Å². The summed E-state index contributed by atoms with van der Waals surface area (Å²) in [6.45, 7) is 9.04. The molecular formula is C29H35FN3O8P. The molecular weight excluding hydrogens is 568 g/mol. The lowest BCUT2D eigenvalue weighted by atomic mass is 9.98. The van der Waals surface area contributed by atoms with Crippen LogP contribution in [0.3, 0.4) is 0 Å². The fourth-order valence-electron chi connectivity index (χ4n) is 4.47. The van der Waals surface area contributed by atoms with Gasteiger partial charge in [0.05, 0.1) is 12.7 Å². The first-order valence-corrected chi connectivity index (χ1v) is 14.9. The van der Waals surface area contributed by atoms with Gasteiger partial charge in [-0.3, -0.25) is 14.1 Å². The molecule has 0 aromatic heterocycles. The SMILES string of the molecule is C=C1NC(=O)C=CN1[C@@H]1O[C@H](COP(=O)(N[C@@H](C)C(=O)OC(C)C)Oc2ccccc2-c2ccccc2)[C@@H](O)[C@@]1(C)F. The number of nitrogens with one attached hydrogen (secondary N) is 2. The van der Waals surface area contributed by atoms with E-state index >= 15 is 4.39 Å². The quantitative estimate of drug-likeness (QED) is 0.255. The van der Waals surface area contributed by atoms with Crippen molar-refractivity contribution in [2.75, 3.05) is 6.61 Å². The standard InChI is InChI=1S/C29H35FN3O8P/c1-18(2)39-27(36)19(3)32-42(37,41-23-14-10-9-13-22(23)21-11-7-6-8-12-21)38-17-24-26(35)29(5,30)28(40-24)33-16-15-25(34)31-20(33)4/h6-16,18-19,24,26,28,35H,4,17H2,1-3,5H3,(H,31,34)(H,32,37)/t19-,24+,26+,28+,29+,42?/m0/s1. The van der Waals surface area contributed by atoms with E-state index < -0.39 is 62.5 Å². The summed E-state index contributed by atoms with van der Waals surface area (Å²) in [5.41, 5.74) is -0.970. The van der Waals surface area contributed by atoms with Crippen molar-refractivity contribution in [1.29, 1.82) is 0 Å². The molecule has 226 valence electrons. The zero-order valence-electron chi connectivity index (χ0n) is 23.7. The maximum Gasteiger partial charge on any atom is 0.459 e. The zero-order chi connectivity index (χ0) is 30.7. The summed E-state index contributed by atoms with van der Waals surface area (Å²) in [4.78, 5) is 25.4. The number of amides is 1. The highest BCUT2D eigenvalue weighted by molar-refractivity contribution is 7.52.